The lowest BCUT2D eigenvalue weighted by molar-refractivity contribution is 0.0166. The van der Waals surface area contributed by atoms with Gasteiger partial charge >= 0.3 is 0 Å². The van der Waals surface area contributed by atoms with Gasteiger partial charge in [0.25, 0.3) is 0 Å². The highest BCUT2D eigenvalue weighted by atomic mass is 32.1. The molecule has 2 heterocycles. The molecule has 1 aliphatic rings. The zero-order valence-corrected chi connectivity index (χ0v) is 11.8. The maximum atomic E-state index is 5.81. The van der Waals surface area contributed by atoms with E-state index in [9.17, 15) is 0 Å². The number of thiazole rings is 1. The molecular formula is C13H22N2OS. The van der Waals surface area contributed by atoms with Crippen molar-refractivity contribution in [2.24, 2.45) is 5.92 Å². The van der Waals surface area contributed by atoms with Crippen LogP contribution in [0.15, 0.2) is 6.20 Å². The highest BCUT2D eigenvalue weighted by Crippen LogP contribution is 2.37. The summed E-state index contributed by atoms with van der Waals surface area (Å²) in [4.78, 5) is 5.82. The molecule has 0 amide bonds. The molecule has 1 atom stereocenters. The molecule has 1 N–H and O–H groups in total. The van der Waals surface area contributed by atoms with E-state index in [1.165, 1.54) is 4.88 Å². The Hall–Kier alpha value is -0.450. The molecule has 0 saturated carbocycles. The third-order valence-corrected chi connectivity index (χ3v) is 4.32. The lowest BCUT2D eigenvalue weighted by atomic mass is 10.0. The van der Waals surface area contributed by atoms with E-state index in [0.29, 0.717) is 5.92 Å². The molecule has 4 heteroatoms. The van der Waals surface area contributed by atoms with Crippen LogP contribution >= 0.6 is 11.3 Å². The number of hydrogen-bond donors (Lipinski definition) is 1. The van der Waals surface area contributed by atoms with Gasteiger partial charge in [0.05, 0.1) is 0 Å². The van der Waals surface area contributed by atoms with Gasteiger partial charge in [-0.25, -0.2) is 4.98 Å². The molecule has 1 fully saturated rings. The van der Waals surface area contributed by atoms with Crippen molar-refractivity contribution in [3.05, 3.63) is 16.1 Å². The van der Waals surface area contributed by atoms with Crippen LogP contribution in [0.3, 0.4) is 0 Å². The van der Waals surface area contributed by atoms with Crippen molar-refractivity contribution in [3.63, 3.8) is 0 Å². The van der Waals surface area contributed by atoms with Crippen molar-refractivity contribution in [1.82, 2.24) is 10.3 Å². The second kappa shape index (κ2) is 5.46. The van der Waals surface area contributed by atoms with Crippen LogP contribution in [0.4, 0.5) is 0 Å². The van der Waals surface area contributed by atoms with Crippen LogP contribution in [-0.4, -0.2) is 18.1 Å². The Bertz CT molecular complexity index is 356. The summed E-state index contributed by atoms with van der Waals surface area (Å²) >= 11 is 1.78. The van der Waals surface area contributed by atoms with Crippen LogP contribution in [0, 0.1) is 5.92 Å². The standard InChI is InChI=1S/C13H22N2OS/c1-10(2)7-14-8-11-9-15-12(17-11)13(3)5-4-6-16-13/h9-10,14H,4-8H2,1-3H3. The Morgan fingerprint density at radius 1 is 1.59 bits per heavy atom. The summed E-state index contributed by atoms with van der Waals surface area (Å²) in [6.45, 7) is 9.45. The van der Waals surface area contributed by atoms with E-state index >= 15 is 0 Å². The molecule has 1 aliphatic heterocycles. The van der Waals surface area contributed by atoms with E-state index in [0.717, 1.165) is 37.5 Å². The van der Waals surface area contributed by atoms with Gasteiger partial charge in [-0.1, -0.05) is 13.8 Å². The minimum atomic E-state index is -0.124. The molecule has 0 aromatic carbocycles. The van der Waals surface area contributed by atoms with Crippen molar-refractivity contribution in [2.75, 3.05) is 13.2 Å². The van der Waals surface area contributed by atoms with Gasteiger partial charge in [-0.15, -0.1) is 11.3 Å². The van der Waals surface area contributed by atoms with E-state index in [2.05, 4.69) is 31.1 Å². The second-order valence-electron chi connectivity index (χ2n) is 5.34. The summed E-state index contributed by atoms with van der Waals surface area (Å²) in [6.07, 6.45) is 4.23. The fourth-order valence-electron chi connectivity index (χ4n) is 2.07. The van der Waals surface area contributed by atoms with Gasteiger partial charge in [0.2, 0.25) is 0 Å². The molecule has 0 radical (unpaired) electrons. The first-order valence-corrected chi connectivity index (χ1v) is 7.22. The van der Waals surface area contributed by atoms with Crippen LogP contribution in [0.5, 0.6) is 0 Å². The number of nitrogens with zero attached hydrogens (tertiary/aromatic N) is 1. The van der Waals surface area contributed by atoms with E-state index in [-0.39, 0.29) is 5.60 Å². The molecule has 96 valence electrons. The average Bonchev–Trinajstić information content (AvgIpc) is 2.87. The fraction of sp³-hybridized carbons (Fsp3) is 0.769. The Morgan fingerprint density at radius 3 is 3.06 bits per heavy atom. The topological polar surface area (TPSA) is 34.2 Å². The normalized spacial score (nSPS) is 24.7. The molecule has 3 nitrogen and oxygen atoms in total. The van der Waals surface area contributed by atoms with Gasteiger partial charge in [0.1, 0.15) is 10.6 Å². The van der Waals surface area contributed by atoms with Crippen molar-refractivity contribution in [2.45, 2.75) is 45.8 Å². The summed E-state index contributed by atoms with van der Waals surface area (Å²) in [7, 11) is 0. The molecule has 1 unspecified atom stereocenters. The summed E-state index contributed by atoms with van der Waals surface area (Å²) in [5, 5.41) is 4.58. The van der Waals surface area contributed by atoms with Gasteiger partial charge in [0, 0.05) is 24.2 Å². The minimum Gasteiger partial charge on any atom is -0.368 e. The van der Waals surface area contributed by atoms with Crippen LogP contribution in [0.2, 0.25) is 0 Å². The zero-order valence-electron chi connectivity index (χ0n) is 11.0. The minimum absolute atomic E-state index is 0.124. The first-order valence-electron chi connectivity index (χ1n) is 6.40. The number of aromatic nitrogens is 1. The quantitative estimate of drug-likeness (QED) is 0.877. The van der Waals surface area contributed by atoms with Crippen LogP contribution in [0.25, 0.3) is 0 Å². The smallest absolute Gasteiger partial charge is 0.125 e. The average molecular weight is 254 g/mol. The number of hydrogen-bond acceptors (Lipinski definition) is 4. The Kier molecular flexibility index (Phi) is 4.17. The highest BCUT2D eigenvalue weighted by Gasteiger charge is 2.34. The monoisotopic (exact) mass is 254 g/mol. The molecule has 1 aromatic rings. The summed E-state index contributed by atoms with van der Waals surface area (Å²) < 4.78 is 5.81. The lowest BCUT2D eigenvalue weighted by Crippen LogP contribution is -2.19. The van der Waals surface area contributed by atoms with Crippen LogP contribution < -0.4 is 5.32 Å². The van der Waals surface area contributed by atoms with E-state index in [4.69, 9.17) is 4.74 Å². The SMILES string of the molecule is CC(C)CNCc1cnc(C2(C)CCCO2)s1. The maximum Gasteiger partial charge on any atom is 0.125 e. The third kappa shape index (κ3) is 3.27. The van der Waals surface area contributed by atoms with Crippen molar-refractivity contribution < 1.29 is 4.74 Å². The summed E-state index contributed by atoms with van der Waals surface area (Å²) in [6, 6.07) is 0. The summed E-state index contributed by atoms with van der Waals surface area (Å²) in [5.74, 6) is 0.693. The first kappa shape index (κ1) is 13.0. The molecule has 0 bridgehead atoms. The van der Waals surface area contributed by atoms with Gasteiger partial charge in [-0.05, 0) is 32.2 Å². The Balaban J connectivity index is 1.91. The largest absolute Gasteiger partial charge is 0.368 e. The third-order valence-electron chi connectivity index (χ3n) is 3.08. The molecular weight excluding hydrogens is 232 g/mol. The zero-order chi connectivity index (χ0) is 12.3. The van der Waals surface area contributed by atoms with E-state index in [1.807, 2.05) is 6.20 Å². The second-order valence-corrected chi connectivity index (χ2v) is 6.45. The number of nitrogens with one attached hydrogen (secondary N) is 1. The predicted octanol–water partition coefficient (Wildman–Crippen LogP) is 2.91. The highest BCUT2D eigenvalue weighted by molar-refractivity contribution is 7.11. The van der Waals surface area contributed by atoms with Crippen LogP contribution in [0.1, 0.15) is 43.5 Å². The lowest BCUT2D eigenvalue weighted by Gasteiger charge is -2.19. The predicted molar refractivity (Wildman–Crippen MR) is 71.2 cm³/mol. The molecule has 0 spiro atoms. The van der Waals surface area contributed by atoms with Crippen LogP contribution in [-0.2, 0) is 16.9 Å². The molecule has 1 aromatic heterocycles. The van der Waals surface area contributed by atoms with Gasteiger partial charge in [0.15, 0.2) is 0 Å². The van der Waals surface area contributed by atoms with Crippen molar-refractivity contribution >= 4 is 11.3 Å². The van der Waals surface area contributed by atoms with Gasteiger partial charge in [-0.2, -0.15) is 0 Å². The van der Waals surface area contributed by atoms with Gasteiger partial charge in [-0.3, -0.25) is 0 Å². The maximum absolute atomic E-state index is 5.81. The Labute approximate surface area is 108 Å². The number of rotatable bonds is 5. The van der Waals surface area contributed by atoms with Crippen molar-refractivity contribution in [1.29, 1.82) is 0 Å². The molecule has 1 saturated heterocycles. The van der Waals surface area contributed by atoms with E-state index in [1.54, 1.807) is 11.3 Å². The molecule has 2 rings (SSSR count). The van der Waals surface area contributed by atoms with Crippen molar-refractivity contribution in [3.8, 4) is 0 Å². The van der Waals surface area contributed by atoms with Gasteiger partial charge < -0.3 is 10.1 Å². The first-order chi connectivity index (χ1) is 8.10. The molecule has 0 aliphatic carbocycles. The summed E-state index contributed by atoms with van der Waals surface area (Å²) in [5.41, 5.74) is -0.124. The van der Waals surface area contributed by atoms with E-state index < -0.39 is 0 Å². The Morgan fingerprint density at radius 2 is 2.41 bits per heavy atom. The fourth-order valence-corrected chi connectivity index (χ4v) is 3.08. The number of ether oxygens (including phenoxy) is 1. The molecule has 17 heavy (non-hydrogen) atoms.